The van der Waals surface area contributed by atoms with Crippen molar-refractivity contribution >= 4 is 0 Å². The number of aliphatic hydroxyl groups is 1. The van der Waals surface area contributed by atoms with E-state index in [-0.39, 0.29) is 12.6 Å². The fourth-order valence-corrected chi connectivity index (χ4v) is 0.839. The van der Waals surface area contributed by atoms with Gasteiger partial charge in [0.15, 0.2) is 0 Å². The minimum Gasteiger partial charge on any atom is -0.394 e. The van der Waals surface area contributed by atoms with Gasteiger partial charge in [-0.1, -0.05) is 0 Å². The molecule has 0 bridgehead atoms. The van der Waals surface area contributed by atoms with E-state index in [1.165, 1.54) is 0 Å². The molecule has 62 valence electrons. The van der Waals surface area contributed by atoms with E-state index in [9.17, 15) is 0 Å². The van der Waals surface area contributed by atoms with Gasteiger partial charge in [-0.2, -0.15) is 5.10 Å². The monoisotopic (exact) mass is 155 g/mol. The Morgan fingerprint density at radius 2 is 2.55 bits per heavy atom. The van der Waals surface area contributed by atoms with Crippen LogP contribution in [-0.4, -0.2) is 21.5 Å². The van der Waals surface area contributed by atoms with E-state index in [0.29, 0.717) is 6.54 Å². The highest BCUT2D eigenvalue weighted by molar-refractivity contribution is 5.07. The molecule has 1 rings (SSSR count). The van der Waals surface area contributed by atoms with E-state index in [4.69, 9.17) is 10.8 Å². The van der Waals surface area contributed by atoms with Crippen molar-refractivity contribution in [1.29, 1.82) is 0 Å². The van der Waals surface area contributed by atoms with Gasteiger partial charge in [-0.15, -0.1) is 0 Å². The van der Waals surface area contributed by atoms with Crippen molar-refractivity contribution in [2.45, 2.75) is 19.5 Å². The van der Waals surface area contributed by atoms with Gasteiger partial charge in [-0.3, -0.25) is 4.68 Å². The Labute approximate surface area is 65.6 Å². The molecule has 0 radical (unpaired) electrons. The highest BCUT2D eigenvalue weighted by Gasteiger charge is 2.01. The summed E-state index contributed by atoms with van der Waals surface area (Å²) in [4.78, 5) is 0. The lowest BCUT2D eigenvalue weighted by Crippen LogP contribution is -2.04. The second kappa shape index (κ2) is 3.50. The van der Waals surface area contributed by atoms with Crippen LogP contribution in [0.3, 0.4) is 0 Å². The first-order valence-corrected chi connectivity index (χ1v) is 3.63. The average Bonchev–Trinajstić information content (AvgIpc) is 2.37. The van der Waals surface area contributed by atoms with Gasteiger partial charge in [0.2, 0.25) is 0 Å². The fraction of sp³-hybridized carbons (Fsp3) is 0.571. The van der Waals surface area contributed by atoms with Crippen molar-refractivity contribution in [3.8, 4) is 0 Å². The van der Waals surface area contributed by atoms with Crippen LogP contribution in [0.15, 0.2) is 12.4 Å². The Morgan fingerprint density at radius 1 is 1.82 bits per heavy atom. The van der Waals surface area contributed by atoms with Crippen LogP contribution in [-0.2, 0) is 6.54 Å². The minimum absolute atomic E-state index is 0.0162. The van der Waals surface area contributed by atoms with Gasteiger partial charge in [0.05, 0.1) is 19.3 Å². The predicted molar refractivity (Wildman–Crippen MR) is 41.9 cm³/mol. The Hall–Kier alpha value is -0.870. The molecule has 1 heterocycles. The summed E-state index contributed by atoms with van der Waals surface area (Å²) in [6.07, 6.45) is 3.57. The molecule has 0 aliphatic rings. The zero-order valence-corrected chi connectivity index (χ0v) is 6.57. The molecule has 4 nitrogen and oxygen atoms in total. The lowest BCUT2D eigenvalue weighted by atomic mass is 10.2. The Balaban J connectivity index is 2.66. The summed E-state index contributed by atoms with van der Waals surface area (Å²) in [5.41, 5.74) is 6.61. The molecule has 1 aromatic rings. The number of hydrogen-bond donors (Lipinski definition) is 2. The third kappa shape index (κ3) is 2.03. The van der Waals surface area contributed by atoms with Gasteiger partial charge >= 0.3 is 0 Å². The predicted octanol–water partition coefficient (Wildman–Crippen LogP) is -0.105. The molecule has 0 fully saturated rings. The van der Waals surface area contributed by atoms with Crippen LogP contribution in [0.2, 0.25) is 0 Å². The van der Waals surface area contributed by atoms with Crippen molar-refractivity contribution in [3.05, 3.63) is 18.0 Å². The number of hydrogen-bond acceptors (Lipinski definition) is 3. The summed E-state index contributed by atoms with van der Waals surface area (Å²) < 4.78 is 1.68. The number of nitrogens with two attached hydrogens (primary N) is 1. The van der Waals surface area contributed by atoms with Crippen LogP contribution < -0.4 is 5.73 Å². The summed E-state index contributed by atoms with van der Waals surface area (Å²) in [7, 11) is 0. The summed E-state index contributed by atoms with van der Waals surface area (Å²) >= 11 is 0. The molecular formula is C7H13N3O. The first kappa shape index (κ1) is 8.23. The van der Waals surface area contributed by atoms with Gasteiger partial charge in [-0.25, -0.2) is 0 Å². The summed E-state index contributed by atoms with van der Waals surface area (Å²) in [5.74, 6) is 0. The van der Waals surface area contributed by atoms with Gasteiger partial charge < -0.3 is 10.8 Å². The first-order valence-electron chi connectivity index (χ1n) is 3.63. The van der Waals surface area contributed by atoms with Crippen LogP contribution in [0.4, 0.5) is 0 Å². The Bertz CT molecular complexity index is 219. The molecule has 11 heavy (non-hydrogen) atoms. The van der Waals surface area contributed by atoms with Crippen molar-refractivity contribution in [2.75, 3.05) is 6.61 Å². The molecule has 0 spiro atoms. The Kier molecular flexibility index (Phi) is 2.62. The highest BCUT2D eigenvalue weighted by Crippen LogP contribution is 2.06. The standard InChI is InChI=1S/C7H13N3O/c1-6(8)7-4-9-10(5-7)2-3-11/h4-6,11H,2-3,8H2,1H3. The second-order valence-corrected chi connectivity index (χ2v) is 2.55. The maximum absolute atomic E-state index is 8.58. The van der Waals surface area contributed by atoms with Gasteiger partial charge in [0.1, 0.15) is 0 Å². The normalized spacial score (nSPS) is 13.4. The van der Waals surface area contributed by atoms with E-state index >= 15 is 0 Å². The SMILES string of the molecule is CC(N)c1cnn(CCO)c1. The first-order chi connectivity index (χ1) is 5.24. The van der Waals surface area contributed by atoms with E-state index in [1.807, 2.05) is 13.1 Å². The van der Waals surface area contributed by atoms with E-state index < -0.39 is 0 Å². The van der Waals surface area contributed by atoms with Crippen molar-refractivity contribution < 1.29 is 5.11 Å². The summed E-state index contributed by atoms with van der Waals surface area (Å²) in [6, 6.07) is 0.0162. The molecule has 4 heteroatoms. The Morgan fingerprint density at radius 3 is 3.00 bits per heavy atom. The number of aliphatic hydroxyl groups excluding tert-OH is 1. The fourth-order valence-electron chi connectivity index (χ4n) is 0.839. The summed E-state index contributed by atoms with van der Waals surface area (Å²) in [5, 5.41) is 12.6. The smallest absolute Gasteiger partial charge is 0.0640 e. The van der Waals surface area contributed by atoms with E-state index in [0.717, 1.165) is 5.56 Å². The number of aromatic nitrogens is 2. The molecule has 3 N–H and O–H groups in total. The second-order valence-electron chi connectivity index (χ2n) is 2.55. The molecule has 0 saturated heterocycles. The van der Waals surface area contributed by atoms with Crippen LogP contribution in [0.25, 0.3) is 0 Å². The maximum Gasteiger partial charge on any atom is 0.0640 e. The van der Waals surface area contributed by atoms with Crippen LogP contribution in [0.1, 0.15) is 18.5 Å². The quantitative estimate of drug-likeness (QED) is 0.640. The third-order valence-electron chi connectivity index (χ3n) is 1.51. The topological polar surface area (TPSA) is 64.1 Å². The number of nitrogens with zero attached hydrogens (tertiary/aromatic N) is 2. The molecule has 0 aromatic carbocycles. The number of rotatable bonds is 3. The van der Waals surface area contributed by atoms with Crippen LogP contribution in [0.5, 0.6) is 0 Å². The van der Waals surface area contributed by atoms with E-state index in [2.05, 4.69) is 5.10 Å². The van der Waals surface area contributed by atoms with Crippen LogP contribution >= 0.6 is 0 Å². The van der Waals surface area contributed by atoms with Crippen molar-refractivity contribution in [3.63, 3.8) is 0 Å². The molecule has 0 aliphatic carbocycles. The molecule has 0 saturated carbocycles. The lowest BCUT2D eigenvalue weighted by molar-refractivity contribution is 0.269. The van der Waals surface area contributed by atoms with Gasteiger partial charge in [0.25, 0.3) is 0 Å². The minimum atomic E-state index is 0.0162. The largest absolute Gasteiger partial charge is 0.394 e. The molecule has 0 aliphatic heterocycles. The molecule has 0 amide bonds. The zero-order valence-electron chi connectivity index (χ0n) is 6.57. The summed E-state index contributed by atoms with van der Waals surface area (Å²) in [6.45, 7) is 2.55. The maximum atomic E-state index is 8.58. The average molecular weight is 155 g/mol. The van der Waals surface area contributed by atoms with Crippen molar-refractivity contribution in [2.24, 2.45) is 5.73 Å². The third-order valence-corrected chi connectivity index (χ3v) is 1.51. The van der Waals surface area contributed by atoms with Crippen molar-refractivity contribution in [1.82, 2.24) is 9.78 Å². The van der Waals surface area contributed by atoms with Gasteiger partial charge in [-0.05, 0) is 6.92 Å². The highest BCUT2D eigenvalue weighted by atomic mass is 16.3. The molecular weight excluding hydrogens is 142 g/mol. The molecule has 1 atom stereocenters. The lowest BCUT2D eigenvalue weighted by Gasteiger charge is -1.98. The molecule has 1 aromatic heterocycles. The zero-order chi connectivity index (χ0) is 8.27. The molecule has 1 unspecified atom stereocenters. The van der Waals surface area contributed by atoms with Crippen LogP contribution in [0, 0.1) is 0 Å². The van der Waals surface area contributed by atoms with Gasteiger partial charge in [0, 0.05) is 17.8 Å². The van der Waals surface area contributed by atoms with E-state index in [1.54, 1.807) is 10.9 Å².